The molecule has 0 spiro atoms. The Hall–Kier alpha value is -1.49. The van der Waals surface area contributed by atoms with Crippen molar-refractivity contribution in [2.75, 3.05) is 6.61 Å². The highest BCUT2D eigenvalue weighted by Gasteiger charge is 2.38. The van der Waals surface area contributed by atoms with Gasteiger partial charge in [0.2, 0.25) is 6.10 Å². The summed E-state index contributed by atoms with van der Waals surface area (Å²) in [4.78, 5) is 24.0. The van der Waals surface area contributed by atoms with Gasteiger partial charge in [0.25, 0.3) is 5.09 Å². The van der Waals surface area contributed by atoms with Crippen molar-refractivity contribution in [3.63, 3.8) is 0 Å². The van der Waals surface area contributed by atoms with E-state index >= 15 is 0 Å². The lowest BCUT2D eigenvalue weighted by Crippen LogP contribution is -2.50. The molecule has 0 rings (SSSR count). The number of rotatable bonds is 7. The first-order valence-electron chi connectivity index (χ1n) is 4.00. The Morgan fingerprint density at radius 3 is 2.12 bits per heavy atom. The molecule has 0 aromatic heterocycles. The first-order chi connectivity index (χ1) is 7.31. The zero-order valence-corrected chi connectivity index (χ0v) is 7.83. The molecule has 0 aliphatic rings. The number of hydrogen-bond donors (Lipinski definition) is 5. The fourth-order valence-electron chi connectivity index (χ4n) is 0.861. The van der Waals surface area contributed by atoms with Crippen LogP contribution in [-0.4, -0.2) is 67.6 Å². The predicted molar refractivity (Wildman–Crippen MR) is 44.6 cm³/mol. The SMILES string of the molecule is O=C(O)[C@H](O[N+](=O)[O-])[C@@H](O)[C@H](O)[C@H](O)CO. The maximum absolute atomic E-state index is 10.4. The lowest BCUT2D eigenvalue weighted by molar-refractivity contribution is -0.767. The molecule has 0 amide bonds. The van der Waals surface area contributed by atoms with E-state index in [0.717, 1.165) is 0 Å². The monoisotopic (exact) mass is 241 g/mol. The number of aliphatic carboxylic acids is 1. The summed E-state index contributed by atoms with van der Waals surface area (Å²) < 4.78 is 0. The quantitative estimate of drug-likeness (QED) is 0.226. The Kier molecular flexibility index (Phi) is 5.60. The molecule has 0 aromatic carbocycles. The molecular formula is C6H11NO9. The van der Waals surface area contributed by atoms with E-state index < -0.39 is 42.1 Å². The third-order valence-corrected chi connectivity index (χ3v) is 1.68. The van der Waals surface area contributed by atoms with Gasteiger partial charge in [-0.15, -0.1) is 10.1 Å². The molecule has 10 nitrogen and oxygen atoms in total. The molecule has 94 valence electrons. The van der Waals surface area contributed by atoms with E-state index in [1.807, 2.05) is 0 Å². The smallest absolute Gasteiger partial charge is 0.335 e. The van der Waals surface area contributed by atoms with Crippen LogP contribution in [0.1, 0.15) is 0 Å². The summed E-state index contributed by atoms with van der Waals surface area (Å²) in [5, 5.41) is 52.4. The second-order valence-electron chi connectivity index (χ2n) is 2.82. The molecule has 16 heavy (non-hydrogen) atoms. The summed E-state index contributed by atoms with van der Waals surface area (Å²) in [5.74, 6) is -1.90. The molecule has 0 bridgehead atoms. The highest BCUT2D eigenvalue weighted by Crippen LogP contribution is 2.08. The van der Waals surface area contributed by atoms with E-state index in [-0.39, 0.29) is 0 Å². The maximum Gasteiger partial charge on any atom is 0.335 e. The van der Waals surface area contributed by atoms with Crippen molar-refractivity contribution in [2.24, 2.45) is 0 Å². The lowest BCUT2D eigenvalue weighted by Gasteiger charge is -2.24. The second kappa shape index (κ2) is 6.17. The number of carboxylic acid groups (broad SMARTS) is 1. The van der Waals surface area contributed by atoms with Crippen LogP contribution in [0.4, 0.5) is 0 Å². The summed E-state index contributed by atoms with van der Waals surface area (Å²) >= 11 is 0. The van der Waals surface area contributed by atoms with Gasteiger partial charge in [-0.2, -0.15) is 0 Å². The first-order valence-corrected chi connectivity index (χ1v) is 4.00. The summed E-state index contributed by atoms with van der Waals surface area (Å²) in [6.07, 6.45) is -8.55. The molecule has 4 atom stereocenters. The van der Waals surface area contributed by atoms with Crippen LogP contribution in [0.3, 0.4) is 0 Å². The lowest BCUT2D eigenvalue weighted by atomic mass is 10.0. The minimum Gasteiger partial charge on any atom is -0.480 e. The average Bonchev–Trinajstić information content (AvgIpc) is 2.22. The Balaban J connectivity index is 4.66. The van der Waals surface area contributed by atoms with Gasteiger partial charge in [-0.25, -0.2) is 4.79 Å². The molecule has 0 radical (unpaired) electrons. The van der Waals surface area contributed by atoms with Crippen LogP contribution < -0.4 is 0 Å². The molecular weight excluding hydrogens is 230 g/mol. The topological polar surface area (TPSA) is 171 Å². The summed E-state index contributed by atoms with van der Waals surface area (Å²) in [6, 6.07) is 0. The Morgan fingerprint density at radius 2 is 1.81 bits per heavy atom. The van der Waals surface area contributed by atoms with Crippen molar-refractivity contribution in [2.45, 2.75) is 24.4 Å². The minimum absolute atomic E-state index is 0.955. The van der Waals surface area contributed by atoms with Gasteiger partial charge in [0.05, 0.1) is 6.61 Å². The number of aliphatic hydroxyl groups is 4. The molecule has 0 unspecified atom stereocenters. The van der Waals surface area contributed by atoms with Crippen LogP contribution in [0.5, 0.6) is 0 Å². The largest absolute Gasteiger partial charge is 0.480 e. The second-order valence-corrected chi connectivity index (χ2v) is 2.82. The fourth-order valence-corrected chi connectivity index (χ4v) is 0.861. The molecule has 0 aliphatic carbocycles. The van der Waals surface area contributed by atoms with E-state index in [4.69, 9.17) is 25.5 Å². The van der Waals surface area contributed by atoms with Crippen molar-refractivity contribution in [3.05, 3.63) is 10.1 Å². The Morgan fingerprint density at radius 1 is 1.31 bits per heavy atom. The van der Waals surface area contributed by atoms with E-state index in [1.54, 1.807) is 0 Å². The fraction of sp³-hybridized carbons (Fsp3) is 0.833. The molecule has 0 saturated carbocycles. The van der Waals surface area contributed by atoms with Crippen molar-refractivity contribution >= 4 is 5.97 Å². The van der Waals surface area contributed by atoms with Gasteiger partial charge in [-0.05, 0) is 0 Å². The zero-order chi connectivity index (χ0) is 12.9. The van der Waals surface area contributed by atoms with Crippen molar-refractivity contribution in [1.82, 2.24) is 0 Å². The van der Waals surface area contributed by atoms with Gasteiger partial charge < -0.3 is 25.5 Å². The van der Waals surface area contributed by atoms with E-state index in [1.165, 1.54) is 0 Å². The van der Waals surface area contributed by atoms with Gasteiger partial charge in [0.15, 0.2) is 0 Å². The van der Waals surface area contributed by atoms with Crippen molar-refractivity contribution in [3.8, 4) is 0 Å². The van der Waals surface area contributed by atoms with Crippen molar-refractivity contribution < 1.29 is 40.3 Å². The van der Waals surface area contributed by atoms with Gasteiger partial charge in [0.1, 0.15) is 18.3 Å². The van der Waals surface area contributed by atoms with Gasteiger partial charge >= 0.3 is 5.97 Å². The summed E-state index contributed by atoms with van der Waals surface area (Å²) in [5.41, 5.74) is 0. The highest BCUT2D eigenvalue weighted by molar-refractivity contribution is 5.73. The number of carbonyl (C=O) groups is 1. The van der Waals surface area contributed by atoms with Crippen LogP contribution in [0.25, 0.3) is 0 Å². The van der Waals surface area contributed by atoms with Crippen LogP contribution >= 0.6 is 0 Å². The maximum atomic E-state index is 10.4. The molecule has 0 saturated heterocycles. The van der Waals surface area contributed by atoms with Crippen LogP contribution in [0.15, 0.2) is 0 Å². The number of aliphatic hydroxyl groups excluding tert-OH is 4. The number of hydrogen-bond acceptors (Lipinski definition) is 8. The zero-order valence-electron chi connectivity index (χ0n) is 7.83. The Labute approximate surface area is 88.4 Å². The third kappa shape index (κ3) is 3.94. The minimum atomic E-state index is -2.36. The average molecular weight is 241 g/mol. The van der Waals surface area contributed by atoms with E-state index in [2.05, 4.69) is 4.84 Å². The molecule has 0 aliphatic heterocycles. The van der Waals surface area contributed by atoms with E-state index in [9.17, 15) is 14.9 Å². The van der Waals surface area contributed by atoms with Crippen LogP contribution in [-0.2, 0) is 9.63 Å². The van der Waals surface area contributed by atoms with Crippen LogP contribution in [0.2, 0.25) is 0 Å². The number of carboxylic acids is 1. The molecule has 5 N–H and O–H groups in total. The predicted octanol–water partition coefficient (Wildman–Crippen LogP) is -3.28. The van der Waals surface area contributed by atoms with Gasteiger partial charge in [-0.1, -0.05) is 0 Å². The normalized spacial score (nSPS) is 18.2. The first kappa shape index (κ1) is 14.5. The van der Waals surface area contributed by atoms with Crippen molar-refractivity contribution in [1.29, 1.82) is 0 Å². The number of nitrogens with zero attached hydrogens (tertiary/aromatic N) is 1. The highest BCUT2D eigenvalue weighted by atomic mass is 17.0. The standard InChI is InChI=1S/C6H11NO9/c8-1-2(9)3(10)4(11)5(6(12)13)16-7(14)15/h2-5,8-11H,1H2,(H,12,13)/t2-,3-,4+,5-/m1/s1. The molecule has 0 fully saturated rings. The summed E-state index contributed by atoms with van der Waals surface area (Å²) in [6.45, 7) is -0.955. The Bertz CT molecular complexity index is 256. The molecule has 0 aromatic rings. The van der Waals surface area contributed by atoms with Gasteiger partial charge in [-0.3, -0.25) is 4.84 Å². The summed E-state index contributed by atoms with van der Waals surface area (Å²) in [7, 11) is 0. The van der Waals surface area contributed by atoms with Gasteiger partial charge in [0, 0.05) is 0 Å². The third-order valence-electron chi connectivity index (χ3n) is 1.68. The van der Waals surface area contributed by atoms with E-state index in [0.29, 0.717) is 0 Å². The van der Waals surface area contributed by atoms with Crippen LogP contribution in [0, 0.1) is 10.1 Å². The molecule has 0 heterocycles. The molecule has 10 heteroatoms.